The van der Waals surface area contributed by atoms with Gasteiger partial charge in [-0.1, -0.05) is 49.1 Å². The van der Waals surface area contributed by atoms with Crippen molar-refractivity contribution in [2.75, 3.05) is 4.90 Å². The predicted molar refractivity (Wildman–Crippen MR) is 113 cm³/mol. The number of hydrogen-bond acceptors (Lipinski definition) is 6. The third kappa shape index (κ3) is 4.35. The first-order valence-corrected chi connectivity index (χ1v) is 9.68. The van der Waals surface area contributed by atoms with Crippen molar-refractivity contribution in [1.82, 2.24) is 0 Å². The number of rotatable bonds is 6. The Hall–Kier alpha value is -2.84. The summed E-state index contributed by atoms with van der Waals surface area (Å²) < 4.78 is 5.86. The minimum Gasteiger partial charge on any atom is -0.508 e. The second-order valence-corrected chi connectivity index (χ2v) is 7.64. The van der Waals surface area contributed by atoms with Crippen molar-refractivity contribution in [2.45, 2.75) is 19.4 Å². The summed E-state index contributed by atoms with van der Waals surface area (Å²) >= 11 is 6.48. The lowest BCUT2D eigenvalue weighted by atomic mass is 10.2. The van der Waals surface area contributed by atoms with Crippen LogP contribution in [0.2, 0.25) is 0 Å². The van der Waals surface area contributed by atoms with Gasteiger partial charge in [-0.25, -0.2) is 4.79 Å². The van der Waals surface area contributed by atoms with E-state index in [2.05, 4.69) is 0 Å². The van der Waals surface area contributed by atoms with Crippen LogP contribution in [0, 0.1) is 0 Å². The molecule has 1 unspecified atom stereocenters. The van der Waals surface area contributed by atoms with E-state index in [1.165, 1.54) is 17.0 Å². The molecule has 1 heterocycles. The van der Waals surface area contributed by atoms with Crippen molar-refractivity contribution in [3.8, 4) is 11.5 Å². The molecule has 6 nitrogen and oxygen atoms in total. The van der Waals surface area contributed by atoms with Crippen LogP contribution in [0.25, 0.3) is 6.08 Å². The minimum atomic E-state index is -1.03. The molecule has 0 aliphatic carbocycles. The summed E-state index contributed by atoms with van der Waals surface area (Å²) in [5.74, 6) is -0.862. The Bertz CT molecular complexity index is 973. The molecule has 1 aliphatic rings. The summed E-state index contributed by atoms with van der Waals surface area (Å²) in [5.41, 5.74) is 1.18. The molecule has 2 N–H and O–H groups in total. The van der Waals surface area contributed by atoms with Crippen LogP contribution in [0.1, 0.15) is 18.9 Å². The van der Waals surface area contributed by atoms with Gasteiger partial charge in [0.25, 0.3) is 5.91 Å². The Labute approximate surface area is 171 Å². The van der Waals surface area contributed by atoms with Crippen LogP contribution in [0.4, 0.5) is 5.69 Å². The molecule has 0 aromatic heterocycles. The highest BCUT2D eigenvalue weighted by Crippen LogP contribution is 2.37. The van der Waals surface area contributed by atoms with E-state index in [1.807, 2.05) is 0 Å². The highest BCUT2D eigenvalue weighted by molar-refractivity contribution is 8.27. The zero-order chi connectivity index (χ0) is 20.3. The van der Waals surface area contributed by atoms with Crippen LogP contribution in [0.15, 0.2) is 53.4 Å². The molecule has 28 heavy (non-hydrogen) atoms. The molecule has 1 saturated heterocycles. The number of aromatic hydroxyl groups is 1. The molecule has 3 rings (SSSR count). The van der Waals surface area contributed by atoms with E-state index in [1.54, 1.807) is 49.4 Å². The molecular formula is C20H17NO5S2. The van der Waals surface area contributed by atoms with Crippen molar-refractivity contribution in [1.29, 1.82) is 0 Å². The van der Waals surface area contributed by atoms with Gasteiger partial charge in [-0.05, 0) is 42.3 Å². The zero-order valence-corrected chi connectivity index (χ0v) is 16.5. The number of ether oxygens (including phenoxy) is 1. The van der Waals surface area contributed by atoms with Gasteiger partial charge in [0, 0.05) is 6.07 Å². The van der Waals surface area contributed by atoms with Crippen molar-refractivity contribution in [3.05, 3.63) is 59.0 Å². The largest absolute Gasteiger partial charge is 0.508 e. The first kappa shape index (κ1) is 19.9. The number of carboxylic acids is 1. The summed E-state index contributed by atoms with van der Waals surface area (Å²) in [6.45, 7) is 1.73. The Balaban J connectivity index is 1.84. The second-order valence-electron chi connectivity index (χ2n) is 5.96. The third-order valence-electron chi connectivity index (χ3n) is 3.96. The predicted octanol–water partition coefficient (Wildman–Crippen LogP) is 4.04. The van der Waals surface area contributed by atoms with Gasteiger partial charge >= 0.3 is 5.97 Å². The average Bonchev–Trinajstić information content (AvgIpc) is 2.93. The quantitative estimate of drug-likeness (QED) is 0.544. The number of nitrogens with zero attached hydrogens (tertiary/aromatic N) is 1. The van der Waals surface area contributed by atoms with Gasteiger partial charge < -0.3 is 14.9 Å². The molecule has 0 bridgehead atoms. The molecule has 144 valence electrons. The van der Waals surface area contributed by atoms with Crippen molar-refractivity contribution in [3.63, 3.8) is 0 Å². The lowest BCUT2D eigenvalue weighted by Gasteiger charge is -2.14. The summed E-state index contributed by atoms with van der Waals surface area (Å²) in [7, 11) is 0. The zero-order valence-electron chi connectivity index (χ0n) is 14.9. The van der Waals surface area contributed by atoms with Crippen molar-refractivity contribution < 1.29 is 24.5 Å². The van der Waals surface area contributed by atoms with Crippen molar-refractivity contribution >= 4 is 51.9 Å². The maximum absolute atomic E-state index is 12.8. The SMILES string of the molecule is CCC(Oc1cccc(/C=C2/SC(=S)N(c3cccc(O)c3)C2=O)c1)C(=O)O. The number of phenols is 1. The second kappa shape index (κ2) is 8.45. The van der Waals surface area contributed by atoms with Crippen LogP contribution in [0.5, 0.6) is 11.5 Å². The smallest absolute Gasteiger partial charge is 0.344 e. The number of thioether (sulfide) groups is 1. The van der Waals surface area contributed by atoms with E-state index in [4.69, 9.17) is 22.1 Å². The fourth-order valence-electron chi connectivity index (χ4n) is 2.62. The molecule has 1 aliphatic heterocycles. The van der Waals surface area contributed by atoms with Crippen LogP contribution in [-0.4, -0.2) is 32.5 Å². The summed E-state index contributed by atoms with van der Waals surface area (Å²) in [6, 6.07) is 13.2. The number of thiocarbonyl (C=S) groups is 1. The molecule has 2 aromatic carbocycles. The molecule has 1 amide bonds. The molecule has 8 heteroatoms. The van der Waals surface area contributed by atoms with E-state index in [9.17, 15) is 14.7 Å². The first-order chi connectivity index (χ1) is 13.4. The maximum atomic E-state index is 12.8. The number of phenolic OH excluding ortho intramolecular Hbond substituents is 1. The number of amides is 1. The fourth-order valence-corrected chi connectivity index (χ4v) is 3.92. The lowest BCUT2D eigenvalue weighted by Crippen LogP contribution is -2.27. The highest BCUT2D eigenvalue weighted by atomic mass is 32.2. The lowest BCUT2D eigenvalue weighted by molar-refractivity contribution is -0.145. The van der Waals surface area contributed by atoms with E-state index in [-0.39, 0.29) is 11.7 Å². The van der Waals surface area contributed by atoms with Crippen LogP contribution < -0.4 is 9.64 Å². The van der Waals surface area contributed by atoms with E-state index < -0.39 is 12.1 Å². The van der Waals surface area contributed by atoms with Crippen molar-refractivity contribution in [2.24, 2.45) is 0 Å². The van der Waals surface area contributed by atoms with Gasteiger partial charge in [0.15, 0.2) is 10.4 Å². The number of carboxylic acid groups (broad SMARTS) is 1. The molecule has 0 radical (unpaired) electrons. The molecule has 1 fully saturated rings. The fraction of sp³-hybridized carbons (Fsp3) is 0.150. The summed E-state index contributed by atoms with van der Waals surface area (Å²) in [5, 5.41) is 18.8. The highest BCUT2D eigenvalue weighted by Gasteiger charge is 2.33. The Morgan fingerprint density at radius 2 is 2.04 bits per heavy atom. The Kier molecular flexibility index (Phi) is 6.01. The Morgan fingerprint density at radius 1 is 1.29 bits per heavy atom. The summed E-state index contributed by atoms with van der Waals surface area (Å²) in [4.78, 5) is 25.7. The topological polar surface area (TPSA) is 87.1 Å². The van der Waals surface area contributed by atoms with Gasteiger partial charge in [0.2, 0.25) is 0 Å². The normalized spacial score (nSPS) is 16.5. The van der Waals surface area contributed by atoms with Crippen LogP contribution in [-0.2, 0) is 9.59 Å². The van der Waals surface area contributed by atoms with Gasteiger partial charge in [0.1, 0.15) is 11.5 Å². The maximum Gasteiger partial charge on any atom is 0.344 e. The molecule has 0 saturated carbocycles. The number of carbonyl (C=O) groups is 2. The van der Waals surface area contributed by atoms with Crippen LogP contribution >= 0.6 is 24.0 Å². The minimum absolute atomic E-state index is 0.0456. The average molecular weight is 415 g/mol. The molecule has 0 spiro atoms. The van der Waals surface area contributed by atoms with E-state index >= 15 is 0 Å². The van der Waals surface area contributed by atoms with Gasteiger partial charge in [0.05, 0.1) is 10.6 Å². The van der Waals surface area contributed by atoms with Gasteiger partial charge in [-0.2, -0.15) is 0 Å². The molecular weight excluding hydrogens is 398 g/mol. The standard InChI is InChI=1S/C20H17NO5S2/c1-2-16(19(24)25)26-15-8-3-5-12(9-15)10-17-18(23)21(20(27)28-17)13-6-4-7-14(22)11-13/h3-11,16,22H,2H2,1H3,(H,24,25)/b17-10+. The number of benzene rings is 2. The number of carbonyl (C=O) groups excluding carboxylic acids is 1. The molecule has 1 atom stereocenters. The monoisotopic (exact) mass is 415 g/mol. The van der Waals surface area contributed by atoms with Crippen LogP contribution in [0.3, 0.4) is 0 Å². The van der Waals surface area contributed by atoms with E-state index in [0.717, 1.165) is 11.8 Å². The Morgan fingerprint density at radius 3 is 2.71 bits per heavy atom. The summed E-state index contributed by atoms with van der Waals surface area (Å²) in [6.07, 6.45) is 1.08. The number of hydrogen-bond donors (Lipinski definition) is 2. The first-order valence-electron chi connectivity index (χ1n) is 8.45. The number of anilines is 1. The number of aliphatic carboxylic acids is 1. The van der Waals surface area contributed by atoms with Gasteiger partial charge in [-0.15, -0.1) is 0 Å². The third-order valence-corrected chi connectivity index (χ3v) is 5.26. The van der Waals surface area contributed by atoms with Gasteiger partial charge in [-0.3, -0.25) is 9.69 Å². The molecule has 2 aromatic rings. The van der Waals surface area contributed by atoms with E-state index in [0.29, 0.717) is 32.6 Å².